The third-order valence-corrected chi connectivity index (χ3v) is 7.04. The molecule has 4 rings (SSSR count). The number of sulfonamides is 1. The number of carbonyl (C=O) groups excluding carboxylic acids is 1. The van der Waals surface area contributed by atoms with Gasteiger partial charge in [0.05, 0.1) is 24.5 Å². The zero-order valence-electron chi connectivity index (χ0n) is 17.2. The summed E-state index contributed by atoms with van der Waals surface area (Å²) in [6.07, 6.45) is 0. The SMILES string of the molecule is Cc1c(C(=O)N2CCOCC2)c(S(=O)(=O)Nc2ccc3c(c2)OCCO3)c(C)n1C. The van der Waals surface area contributed by atoms with E-state index in [-0.39, 0.29) is 16.4 Å². The van der Waals surface area contributed by atoms with E-state index < -0.39 is 10.0 Å². The highest BCUT2D eigenvalue weighted by Gasteiger charge is 2.33. The molecule has 2 aliphatic rings. The number of benzene rings is 1. The smallest absolute Gasteiger partial charge is 0.264 e. The highest BCUT2D eigenvalue weighted by atomic mass is 32.2. The highest BCUT2D eigenvalue weighted by Crippen LogP contribution is 2.34. The predicted octanol–water partition coefficient (Wildman–Crippen LogP) is 1.69. The van der Waals surface area contributed by atoms with Gasteiger partial charge in [-0.3, -0.25) is 9.52 Å². The van der Waals surface area contributed by atoms with Crippen molar-refractivity contribution in [1.29, 1.82) is 0 Å². The van der Waals surface area contributed by atoms with Crippen LogP contribution in [0.15, 0.2) is 23.1 Å². The quantitative estimate of drug-likeness (QED) is 0.785. The van der Waals surface area contributed by atoms with Gasteiger partial charge < -0.3 is 23.7 Å². The van der Waals surface area contributed by atoms with Gasteiger partial charge in [0, 0.05) is 37.6 Å². The third-order valence-electron chi connectivity index (χ3n) is 5.50. The summed E-state index contributed by atoms with van der Waals surface area (Å²) in [5.41, 5.74) is 1.63. The number of anilines is 1. The topological polar surface area (TPSA) is 99.1 Å². The molecular weight excluding hydrogens is 410 g/mol. The largest absolute Gasteiger partial charge is 0.486 e. The van der Waals surface area contributed by atoms with E-state index in [1.54, 1.807) is 48.6 Å². The Bertz CT molecular complexity index is 1090. The van der Waals surface area contributed by atoms with Gasteiger partial charge in [-0.15, -0.1) is 0 Å². The molecule has 0 radical (unpaired) electrons. The molecule has 0 unspecified atom stereocenters. The number of ether oxygens (including phenoxy) is 3. The van der Waals surface area contributed by atoms with Crippen LogP contribution in [0.4, 0.5) is 5.69 Å². The second-order valence-corrected chi connectivity index (χ2v) is 8.92. The monoisotopic (exact) mass is 435 g/mol. The van der Waals surface area contributed by atoms with Gasteiger partial charge in [-0.05, 0) is 26.0 Å². The second kappa shape index (κ2) is 7.84. The minimum atomic E-state index is -4.03. The molecule has 0 aliphatic carbocycles. The first-order chi connectivity index (χ1) is 14.3. The Kier molecular flexibility index (Phi) is 5.37. The lowest BCUT2D eigenvalue weighted by Gasteiger charge is -2.27. The Labute approximate surface area is 175 Å². The lowest BCUT2D eigenvalue weighted by molar-refractivity contribution is 0.0300. The summed E-state index contributed by atoms with van der Waals surface area (Å²) in [6.45, 7) is 6.04. The molecule has 10 heteroatoms. The van der Waals surface area contributed by atoms with Gasteiger partial charge in [-0.1, -0.05) is 0 Å². The number of morpholine rings is 1. The molecule has 3 heterocycles. The zero-order valence-corrected chi connectivity index (χ0v) is 18.0. The lowest BCUT2D eigenvalue weighted by atomic mass is 10.2. The summed E-state index contributed by atoms with van der Waals surface area (Å²) in [6, 6.07) is 4.86. The maximum atomic E-state index is 13.4. The first-order valence-corrected chi connectivity index (χ1v) is 11.2. The van der Waals surface area contributed by atoms with Gasteiger partial charge in [-0.2, -0.15) is 0 Å². The first-order valence-electron chi connectivity index (χ1n) is 9.75. The Hall–Kier alpha value is -2.72. The van der Waals surface area contributed by atoms with Gasteiger partial charge in [-0.25, -0.2) is 8.42 Å². The van der Waals surface area contributed by atoms with Crippen LogP contribution in [0.2, 0.25) is 0 Å². The number of amides is 1. The second-order valence-electron chi connectivity index (χ2n) is 7.30. The fourth-order valence-electron chi connectivity index (χ4n) is 3.74. The van der Waals surface area contributed by atoms with E-state index in [1.165, 1.54) is 0 Å². The van der Waals surface area contributed by atoms with Crippen molar-refractivity contribution in [2.75, 3.05) is 44.2 Å². The normalized spacial score (nSPS) is 16.4. The van der Waals surface area contributed by atoms with Gasteiger partial charge in [0.15, 0.2) is 11.5 Å². The van der Waals surface area contributed by atoms with Crippen LogP contribution < -0.4 is 14.2 Å². The summed E-state index contributed by atoms with van der Waals surface area (Å²) < 4.78 is 47.4. The highest BCUT2D eigenvalue weighted by molar-refractivity contribution is 7.92. The van der Waals surface area contributed by atoms with E-state index >= 15 is 0 Å². The number of fused-ring (bicyclic) bond motifs is 1. The number of nitrogens with one attached hydrogen (secondary N) is 1. The number of carbonyl (C=O) groups is 1. The average Bonchev–Trinajstić information content (AvgIpc) is 2.98. The minimum absolute atomic E-state index is 0.00567. The molecule has 0 spiro atoms. The summed E-state index contributed by atoms with van der Waals surface area (Å²) >= 11 is 0. The lowest BCUT2D eigenvalue weighted by Crippen LogP contribution is -2.41. The molecule has 1 N–H and O–H groups in total. The van der Waals surface area contributed by atoms with Crippen LogP contribution in [0.5, 0.6) is 11.5 Å². The van der Waals surface area contributed by atoms with E-state index in [4.69, 9.17) is 14.2 Å². The van der Waals surface area contributed by atoms with Crippen LogP contribution in [0.3, 0.4) is 0 Å². The molecule has 2 aliphatic heterocycles. The molecule has 9 nitrogen and oxygen atoms in total. The first kappa shape index (κ1) is 20.5. The Morgan fingerprint density at radius 3 is 2.37 bits per heavy atom. The van der Waals surface area contributed by atoms with Crippen LogP contribution in [0.25, 0.3) is 0 Å². The maximum absolute atomic E-state index is 13.4. The molecule has 0 bridgehead atoms. The third kappa shape index (κ3) is 3.61. The minimum Gasteiger partial charge on any atom is -0.486 e. The molecule has 1 aromatic heterocycles. The molecule has 2 aromatic rings. The van der Waals surface area contributed by atoms with Crippen molar-refractivity contribution >= 4 is 21.6 Å². The molecule has 1 aromatic carbocycles. The molecule has 1 saturated heterocycles. The summed E-state index contributed by atoms with van der Waals surface area (Å²) in [7, 11) is -2.28. The van der Waals surface area contributed by atoms with Crippen LogP contribution in [-0.4, -0.2) is 63.3 Å². The van der Waals surface area contributed by atoms with E-state index in [2.05, 4.69) is 4.72 Å². The van der Waals surface area contributed by atoms with Crippen LogP contribution in [-0.2, 0) is 21.8 Å². The number of hydrogen-bond acceptors (Lipinski definition) is 6. The number of aromatic nitrogens is 1. The predicted molar refractivity (Wildman–Crippen MR) is 110 cm³/mol. The fraction of sp³-hybridized carbons (Fsp3) is 0.450. The molecule has 1 amide bonds. The van der Waals surface area contributed by atoms with E-state index in [1.807, 2.05) is 0 Å². The van der Waals surface area contributed by atoms with Crippen LogP contribution in [0.1, 0.15) is 21.7 Å². The Balaban J connectivity index is 1.71. The fourth-order valence-corrected chi connectivity index (χ4v) is 5.30. The van der Waals surface area contributed by atoms with E-state index in [9.17, 15) is 13.2 Å². The Morgan fingerprint density at radius 1 is 1.00 bits per heavy atom. The van der Waals surface area contributed by atoms with Crippen molar-refractivity contribution in [3.8, 4) is 11.5 Å². The number of hydrogen-bond donors (Lipinski definition) is 1. The molecule has 0 atom stereocenters. The standard InChI is InChI=1S/C20H25N3O6S/c1-13-18(20(24)23-6-8-27-9-7-23)19(14(2)22(13)3)30(25,26)21-15-4-5-16-17(12-15)29-11-10-28-16/h4-5,12,21H,6-11H2,1-3H3. The average molecular weight is 436 g/mol. The van der Waals surface area contributed by atoms with Gasteiger partial charge in [0.1, 0.15) is 18.1 Å². The van der Waals surface area contributed by atoms with E-state index in [0.717, 1.165) is 0 Å². The number of rotatable bonds is 4. The van der Waals surface area contributed by atoms with Crippen molar-refractivity contribution in [1.82, 2.24) is 9.47 Å². The van der Waals surface area contributed by atoms with Gasteiger partial charge in [0.25, 0.3) is 15.9 Å². The van der Waals surface area contributed by atoms with Crippen molar-refractivity contribution in [2.45, 2.75) is 18.7 Å². The van der Waals surface area contributed by atoms with Crippen molar-refractivity contribution < 1.29 is 27.4 Å². The molecule has 162 valence electrons. The van der Waals surface area contributed by atoms with Crippen LogP contribution >= 0.6 is 0 Å². The van der Waals surface area contributed by atoms with Crippen molar-refractivity contribution in [3.05, 3.63) is 35.2 Å². The van der Waals surface area contributed by atoms with Crippen molar-refractivity contribution in [2.24, 2.45) is 7.05 Å². The Morgan fingerprint density at radius 2 is 1.67 bits per heavy atom. The molecule has 0 saturated carbocycles. The molecule has 30 heavy (non-hydrogen) atoms. The summed E-state index contributed by atoms with van der Waals surface area (Å²) in [4.78, 5) is 14.9. The van der Waals surface area contributed by atoms with Crippen LogP contribution in [0, 0.1) is 13.8 Å². The molecular formula is C20H25N3O6S. The molecule has 1 fully saturated rings. The van der Waals surface area contributed by atoms with Gasteiger partial charge >= 0.3 is 0 Å². The number of nitrogens with zero attached hydrogens (tertiary/aromatic N) is 2. The van der Waals surface area contributed by atoms with Crippen molar-refractivity contribution in [3.63, 3.8) is 0 Å². The zero-order chi connectivity index (χ0) is 21.5. The summed E-state index contributed by atoms with van der Waals surface area (Å²) in [5.74, 6) is 0.744. The van der Waals surface area contributed by atoms with E-state index in [0.29, 0.717) is 68.1 Å². The summed E-state index contributed by atoms with van der Waals surface area (Å²) in [5, 5.41) is 0. The maximum Gasteiger partial charge on any atom is 0.264 e. The van der Waals surface area contributed by atoms with Gasteiger partial charge in [0.2, 0.25) is 0 Å².